The maximum absolute atomic E-state index is 12.6. The SMILES string of the molecule is Cn1nccc1-c1nnc(N2CCC(NC(=O)Nc3ccccc3OC(F)(F)F)CC2)c2ccccc12. The van der Waals surface area contributed by atoms with E-state index in [4.69, 9.17) is 0 Å². The van der Waals surface area contributed by atoms with E-state index in [1.807, 2.05) is 37.4 Å². The van der Waals surface area contributed by atoms with Crippen molar-refractivity contribution in [2.24, 2.45) is 7.05 Å². The lowest BCUT2D eigenvalue weighted by Gasteiger charge is -2.33. The lowest BCUT2D eigenvalue weighted by atomic mass is 10.0. The number of aromatic nitrogens is 4. The van der Waals surface area contributed by atoms with Gasteiger partial charge in [-0.1, -0.05) is 36.4 Å². The Morgan fingerprint density at radius 1 is 1.00 bits per heavy atom. The minimum absolute atomic E-state index is 0.0648. The van der Waals surface area contributed by atoms with Crippen LogP contribution in [0, 0.1) is 0 Å². The molecule has 9 nitrogen and oxygen atoms in total. The van der Waals surface area contributed by atoms with Gasteiger partial charge in [0.1, 0.15) is 5.69 Å². The predicted octanol–water partition coefficient (Wildman–Crippen LogP) is 4.72. The number of amides is 2. The van der Waals surface area contributed by atoms with Crippen LogP contribution in [0.15, 0.2) is 60.8 Å². The number of piperidine rings is 1. The quantitative estimate of drug-likeness (QED) is 0.403. The number of carbonyl (C=O) groups excluding carboxylic acids is 1. The number of hydrogen-bond donors (Lipinski definition) is 2. The standard InChI is InChI=1S/C25H24F3N7O2/c1-34-20(10-13-29-34)22-17-6-2-3-7-18(17)23(33-32-22)35-14-11-16(12-15-35)30-24(36)31-19-8-4-5-9-21(19)37-25(26,27)28/h2-10,13,16H,11-12,14-15H2,1H3,(H2,30,31,36). The van der Waals surface area contributed by atoms with Gasteiger partial charge in [-0.05, 0) is 31.0 Å². The number of hydrogen-bond acceptors (Lipinski definition) is 6. The highest BCUT2D eigenvalue weighted by Gasteiger charge is 2.32. The Kier molecular flexibility index (Phi) is 6.55. The lowest BCUT2D eigenvalue weighted by Crippen LogP contribution is -2.46. The van der Waals surface area contributed by atoms with Crippen LogP contribution in [0.2, 0.25) is 0 Å². The summed E-state index contributed by atoms with van der Waals surface area (Å²) in [6.45, 7) is 1.25. The van der Waals surface area contributed by atoms with Crippen molar-refractivity contribution in [2.75, 3.05) is 23.3 Å². The molecular weight excluding hydrogens is 487 g/mol. The van der Waals surface area contributed by atoms with Gasteiger partial charge < -0.3 is 20.3 Å². The van der Waals surface area contributed by atoms with Crippen molar-refractivity contribution in [3.8, 4) is 17.1 Å². The zero-order valence-electron chi connectivity index (χ0n) is 19.9. The molecule has 37 heavy (non-hydrogen) atoms. The van der Waals surface area contributed by atoms with Gasteiger partial charge in [0, 0.05) is 43.1 Å². The van der Waals surface area contributed by atoms with Crippen LogP contribution in [0.3, 0.4) is 0 Å². The Morgan fingerprint density at radius 3 is 2.41 bits per heavy atom. The van der Waals surface area contributed by atoms with Crippen LogP contribution in [0.25, 0.3) is 22.2 Å². The number of nitrogens with zero attached hydrogens (tertiary/aromatic N) is 5. The van der Waals surface area contributed by atoms with Crippen LogP contribution in [0.5, 0.6) is 5.75 Å². The van der Waals surface area contributed by atoms with Gasteiger partial charge >= 0.3 is 12.4 Å². The molecule has 0 atom stereocenters. The summed E-state index contributed by atoms with van der Waals surface area (Å²) in [5, 5.41) is 20.5. The normalized spacial score (nSPS) is 14.5. The Balaban J connectivity index is 1.25. The van der Waals surface area contributed by atoms with Crippen LogP contribution >= 0.6 is 0 Å². The first-order chi connectivity index (χ1) is 17.8. The molecule has 192 valence electrons. The molecule has 0 saturated carbocycles. The number of ether oxygens (including phenoxy) is 1. The Hall–Kier alpha value is -4.35. The summed E-state index contributed by atoms with van der Waals surface area (Å²) >= 11 is 0. The molecule has 0 radical (unpaired) electrons. The Morgan fingerprint density at radius 2 is 1.70 bits per heavy atom. The average molecular weight is 512 g/mol. The fourth-order valence-corrected chi connectivity index (χ4v) is 4.48. The molecule has 0 aliphatic carbocycles. The first kappa shape index (κ1) is 24.3. The zero-order chi connectivity index (χ0) is 26.0. The van der Waals surface area contributed by atoms with E-state index in [1.165, 1.54) is 18.2 Å². The number of benzene rings is 2. The van der Waals surface area contributed by atoms with Gasteiger partial charge in [0.2, 0.25) is 0 Å². The fourth-order valence-electron chi connectivity index (χ4n) is 4.48. The first-order valence-electron chi connectivity index (χ1n) is 11.7. The molecule has 3 heterocycles. The van der Waals surface area contributed by atoms with Gasteiger partial charge in [0.25, 0.3) is 0 Å². The topological polar surface area (TPSA) is 97.2 Å². The van der Waals surface area contributed by atoms with Gasteiger partial charge in [0.15, 0.2) is 11.6 Å². The van der Waals surface area contributed by atoms with E-state index >= 15 is 0 Å². The molecule has 12 heteroatoms. The fraction of sp³-hybridized carbons (Fsp3) is 0.280. The maximum atomic E-state index is 12.6. The number of para-hydroxylation sites is 2. The third-order valence-corrected chi connectivity index (χ3v) is 6.22. The molecule has 1 aliphatic rings. The van der Waals surface area contributed by atoms with Crippen molar-refractivity contribution < 1.29 is 22.7 Å². The minimum atomic E-state index is -4.86. The summed E-state index contributed by atoms with van der Waals surface area (Å²) in [6.07, 6.45) is -1.87. The summed E-state index contributed by atoms with van der Waals surface area (Å²) in [6, 6.07) is 14.5. The number of nitrogens with one attached hydrogen (secondary N) is 2. The van der Waals surface area contributed by atoms with Crippen LogP contribution in [0.1, 0.15) is 12.8 Å². The predicted molar refractivity (Wildman–Crippen MR) is 132 cm³/mol. The third kappa shape index (κ3) is 5.42. The summed E-state index contributed by atoms with van der Waals surface area (Å²) < 4.78 is 43.7. The van der Waals surface area contributed by atoms with Gasteiger partial charge in [-0.3, -0.25) is 4.68 Å². The van der Waals surface area contributed by atoms with Crippen molar-refractivity contribution in [3.63, 3.8) is 0 Å². The number of carbonyl (C=O) groups is 1. The number of rotatable bonds is 5. The molecule has 2 aromatic carbocycles. The molecule has 4 aromatic rings. The second-order valence-electron chi connectivity index (χ2n) is 8.66. The second kappa shape index (κ2) is 9.96. The summed E-state index contributed by atoms with van der Waals surface area (Å²) in [4.78, 5) is 14.6. The van der Waals surface area contributed by atoms with Gasteiger partial charge in [-0.2, -0.15) is 5.10 Å². The summed E-state index contributed by atoms with van der Waals surface area (Å²) in [5.41, 5.74) is 1.55. The summed E-state index contributed by atoms with van der Waals surface area (Å²) in [7, 11) is 1.86. The molecule has 2 amide bonds. The lowest BCUT2D eigenvalue weighted by molar-refractivity contribution is -0.274. The molecule has 2 N–H and O–H groups in total. The van der Waals surface area contributed by atoms with E-state index < -0.39 is 18.1 Å². The van der Waals surface area contributed by atoms with E-state index in [0.29, 0.717) is 25.9 Å². The molecule has 1 saturated heterocycles. The molecule has 1 aliphatic heterocycles. The van der Waals surface area contributed by atoms with Gasteiger partial charge in [0.05, 0.1) is 11.4 Å². The van der Waals surface area contributed by atoms with Crippen molar-refractivity contribution in [1.82, 2.24) is 25.3 Å². The number of halogens is 3. The van der Waals surface area contributed by atoms with Crippen LogP contribution in [-0.4, -0.2) is 51.5 Å². The number of fused-ring (bicyclic) bond motifs is 1. The molecule has 2 aromatic heterocycles. The highest BCUT2D eigenvalue weighted by atomic mass is 19.4. The van der Waals surface area contributed by atoms with E-state index in [0.717, 1.165) is 34.0 Å². The van der Waals surface area contributed by atoms with Gasteiger partial charge in [-0.15, -0.1) is 23.4 Å². The molecule has 1 fully saturated rings. The smallest absolute Gasteiger partial charge is 0.404 e. The van der Waals surface area contributed by atoms with Crippen molar-refractivity contribution >= 4 is 28.3 Å². The van der Waals surface area contributed by atoms with Crippen LogP contribution in [0.4, 0.5) is 29.5 Å². The average Bonchev–Trinajstić information content (AvgIpc) is 3.30. The van der Waals surface area contributed by atoms with Crippen molar-refractivity contribution in [3.05, 3.63) is 60.8 Å². The van der Waals surface area contributed by atoms with Crippen LogP contribution in [-0.2, 0) is 7.05 Å². The zero-order valence-corrected chi connectivity index (χ0v) is 19.9. The molecule has 5 rings (SSSR count). The highest BCUT2D eigenvalue weighted by Crippen LogP contribution is 2.33. The first-order valence-corrected chi connectivity index (χ1v) is 11.7. The van der Waals surface area contributed by atoms with Crippen LogP contribution < -0.4 is 20.3 Å². The Labute approximate surface area is 210 Å². The molecule has 0 bridgehead atoms. The maximum Gasteiger partial charge on any atom is 0.573 e. The van der Waals surface area contributed by atoms with E-state index in [2.05, 4.69) is 35.6 Å². The second-order valence-corrected chi connectivity index (χ2v) is 8.66. The van der Waals surface area contributed by atoms with Crippen molar-refractivity contribution in [1.29, 1.82) is 0 Å². The summed E-state index contributed by atoms with van der Waals surface area (Å²) in [5.74, 6) is 0.294. The highest BCUT2D eigenvalue weighted by molar-refractivity contribution is 5.99. The van der Waals surface area contributed by atoms with Gasteiger partial charge in [-0.25, -0.2) is 4.79 Å². The largest absolute Gasteiger partial charge is 0.573 e. The number of anilines is 2. The Bertz CT molecular complexity index is 1410. The molecule has 0 spiro atoms. The monoisotopic (exact) mass is 511 g/mol. The van der Waals surface area contributed by atoms with E-state index in [-0.39, 0.29) is 11.7 Å². The minimum Gasteiger partial charge on any atom is -0.404 e. The number of aryl methyl sites for hydroxylation is 1. The third-order valence-electron chi connectivity index (χ3n) is 6.22. The molecule has 0 unspecified atom stereocenters. The number of urea groups is 1. The number of alkyl halides is 3. The van der Waals surface area contributed by atoms with E-state index in [1.54, 1.807) is 10.9 Å². The molecular formula is C25H24F3N7O2. The van der Waals surface area contributed by atoms with Crippen molar-refractivity contribution in [2.45, 2.75) is 25.2 Å². The van der Waals surface area contributed by atoms with E-state index in [9.17, 15) is 18.0 Å².